The molecule has 1 aliphatic rings. The van der Waals surface area contributed by atoms with Crippen molar-refractivity contribution in [3.8, 4) is 0 Å². The summed E-state index contributed by atoms with van der Waals surface area (Å²) in [5.74, 6) is -0.367. The van der Waals surface area contributed by atoms with Gasteiger partial charge in [0.2, 0.25) is 0 Å². The third-order valence-electron chi connectivity index (χ3n) is 3.84. The first-order valence-electron chi connectivity index (χ1n) is 7.08. The number of nitrogens with zero attached hydrogens (tertiary/aromatic N) is 1. The molecule has 1 fully saturated rings. The van der Waals surface area contributed by atoms with Gasteiger partial charge >= 0.3 is 5.97 Å². The van der Waals surface area contributed by atoms with E-state index in [4.69, 9.17) is 10.5 Å². The molecule has 1 aliphatic heterocycles. The number of carbonyl (C=O) groups excluding carboxylic acids is 1. The molecule has 110 valence electrons. The van der Waals surface area contributed by atoms with E-state index in [1.165, 1.54) is 20.0 Å². The van der Waals surface area contributed by atoms with Crippen LogP contribution in [0.4, 0.5) is 11.4 Å². The van der Waals surface area contributed by atoms with Crippen molar-refractivity contribution in [3.05, 3.63) is 23.8 Å². The zero-order valence-corrected chi connectivity index (χ0v) is 12.2. The van der Waals surface area contributed by atoms with E-state index in [2.05, 4.69) is 17.1 Å². The molecule has 2 rings (SSSR count). The molecule has 1 atom stereocenters. The fourth-order valence-electron chi connectivity index (χ4n) is 2.61. The number of ether oxygens (including phenoxy) is 1. The number of hydrogen-bond acceptors (Lipinski definition) is 5. The summed E-state index contributed by atoms with van der Waals surface area (Å²) < 4.78 is 4.79. The average Bonchev–Trinajstić information content (AvgIpc) is 2.98. The molecule has 1 unspecified atom stereocenters. The number of carbonyl (C=O) groups is 1. The summed E-state index contributed by atoms with van der Waals surface area (Å²) in [6.45, 7) is 5.25. The molecule has 0 aromatic heterocycles. The van der Waals surface area contributed by atoms with Gasteiger partial charge in [-0.15, -0.1) is 0 Å². The van der Waals surface area contributed by atoms with Crippen LogP contribution in [-0.4, -0.2) is 43.7 Å². The number of likely N-dealkylation sites (tertiary alicyclic amines) is 1. The Morgan fingerprint density at radius 3 is 2.80 bits per heavy atom. The molecular formula is C15H23N3O2. The number of rotatable bonds is 5. The molecule has 20 heavy (non-hydrogen) atoms. The lowest BCUT2D eigenvalue weighted by Crippen LogP contribution is -2.35. The average molecular weight is 277 g/mol. The summed E-state index contributed by atoms with van der Waals surface area (Å²) in [4.78, 5) is 14.2. The lowest BCUT2D eigenvalue weighted by molar-refractivity contribution is 0.0602. The molecule has 1 aromatic rings. The van der Waals surface area contributed by atoms with Gasteiger partial charge in [0.1, 0.15) is 0 Å². The van der Waals surface area contributed by atoms with E-state index in [1.54, 1.807) is 18.2 Å². The molecule has 1 aromatic carbocycles. The highest BCUT2D eigenvalue weighted by atomic mass is 16.5. The summed E-state index contributed by atoms with van der Waals surface area (Å²) >= 11 is 0. The van der Waals surface area contributed by atoms with Crippen LogP contribution in [0.2, 0.25) is 0 Å². The lowest BCUT2D eigenvalue weighted by atomic mass is 10.1. The van der Waals surface area contributed by atoms with Crippen molar-refractivity contribution < 1.29 is 9.53 Å². The molecule has 5 nitrogen and oxygen atoms in total. The highest BCUT2D eigenvalue weighted by Crippen LogP contribution is 2.24. The van der Waals surface area contributed by atoms with Gasteiger partial charge in [-0.1, -0.05) is 6.07 Å². The summed E-state index contributed by atoms with van der Waals surface area (Å²) in [6.07, 6.45) is 2.54. The smallest absolute Gasteiger partial charge is 0.340 e. The minimum atomic E-state index is -0.367. The van der Waals surface area contributed by atoms with Crippen LogP contribution in [0, 0.1) is 0 Å². The number of para-hydroxylation sites is 1. The maximum absolute atomic E-state index is 11.8. The number of methoxy groups -OCH3 is 1. The SMILES string of the molecule is COC(=O)c1cccc(N)c1NCC(C)N1CCCC1. The second kappa shape index (κ2) is 6.61. The molecule has 1 heterocycles. The lowest BCUT2D eigenvalue weighted by Gasteiger charge is -2.25. The Bertz CT molecular complexity index is 470. The maximum Gasteiger partial charge on any atom is 0.340 e. The minimum absolute atomic E-state index is 0.367. The van der Waals surface area contributed by atoms with Crippen molar-refractivity contribution in [2.24, 2.45) is 0 Å². The van der Waals surface area contributed by atoms with Gasteiger partial charge in [0.05, 0.1) is 24.0 Å². The second-order valence-corrected chi connectivity index (χ2v) is 5.23. The van der Waals surface area contributed by atoms with Gasteiger partial charge in [-0.25, -0.2) is 4.79 Å². The topological polar surface area (TPSA) is 67.6 Å². The third-order valence-corrected chi connectivity index (χ3v) is 3.84. The van der Waals surface area contributed by atoms with Gasteiger partial charge < -0.3 is 15.8 Å². The number of benzene rings is 1. The summed E-state index contributed by atoms with van der Waals surface area (Å²) in [7, 11) is 1.38. The molecule has 0 amide bonds. The maximum atomic E-state index is 11.8. The van der Waals surface area contributed by atoms with Gasteiger partial charge in [-0.2, -0.15) is 0 Å². The molecule has 0 saturated carbocycles. The van der Waals surface area contributed by atoms with Crippen molar-refractivity contribution in [2.75, 3.05) is 37.8 Å². The van der Waals surface area contributed by atoms with Crippen molar-refractivity contribution in [2.45, 2.75) is 25.8 Å². The third kappa shape index (κ3) is 3.22. The van der Waals surface area contributed by atoms with Gasteiger partial charge in [0, 0.05) is 12.6 Å². The minimum Gasteiger partial charge on any atom is -0.465 e. The number of hydrogen-bond donors (Lipinski definition) is 2. The number of nitrogen functional groups attached to an aromatic ring is 1. The van der Waals surface area contributed by atoms with Crippen LogP contribution in [0.25, 0.3) is 0 Å². The van der Waals surface area contributed by atoms with E-state index in [0.717, 1.165) is 19.6 Å². The molecule has 5 heteroatoms. The summed E-state index contributed by atoms with van der Waals surface area (Å²) in [6, 6.07) is 5.69. The predicted octanol–water partition coefficient (Wildman–Crippen LogP) is 1.95. The van der Waals surface area contributed by atoms with E-state index < -0.39 is 0 Å². The number of nitrogens with one attached hydrogen (secondary N) is 1. The van der Waals surface area contributed by atoms with Crippen LogP contribution < -0.4 is 11.1 Å². The second-order valence-electron chi connectivity index (χ2n) is 5.23. The Morgan fingerprint density at radius 1 is 1.45 bits per heavy atom. The number of nitrogens with two attached hydrogens (primary N) is 1. The van der Waals surface area contributed by atoms with E-state index in [1.807, 2.05) is 0 Å². The summed E-state index contributed by atoms with van der Waals surface area (Å²) in [5, 5.41) is 3.31. The molecular weight excluding hydrogens is 254 g/mol. The number of esters is 1. The fourth-order valence-corrected chi connectivity index (χ4v) is 2.61. The highest BCUT2D eigenvalue weighted by Gasteiger charge is 2.19. The molecule has 3 N–H and O–H groups in total. The zero-order chi connectivity index (χ0) is 14.5. The van der Waals surface area contributed by atoms with E-state index in [0.29, 0.717) is 23.0 Å². The van der Waals surface area contributed by atoms with Gasteiger partial charge in [-0.3, -0.25) is 4.90 Å². The van der Waals surface area contributed by atoms with Crippen molar-refractivity contribution >= 4 is 17.3 Å². The molecule has 0 bridgehead atoms. The fraction of sp³-hybridized carbons (Fsp3) is 0.533. The largest absolute Gasteiger partial charge is 0.465 e. The monoisotopic (exact) mass is 277 g/mol. The Hall–Kier alpha value is -1.75. The van der Waals surface area contributed by atoms with Crippen molar-refractivity contribution in [1.29, 1.82) is 0 Å². The van der Waals surface area contributed by atoms with E-state index in [-0.39, 0.29) is 5.97 Å². The molecule has 1 saturated heterocycles. The van der Waals surface area contributed by atoms with Crippen molar-refractivity contribution in [3.63, 3.8) is 0 Å². The highest BCUT2D eigenvalue weighted by molar-refractivity contribution is 5.98. The van der Waals surface area contributed by atoms with Gasteiger partial charge in [0.15, 0.2) is 0 Å². The van der Waals surface area contributed by atoms with Crippen LogP contribution in [0.1, 0.15) is 30.1 Å². The Balaban J connectivity index is 2.06. The zero-order valence-electron chi connectivity index (χ0n) is 12.2. The Kier molecular flexibility index (Phi) is 4.84. The van der Waals surface area contributed by atoms with Crippen LogP contribution in [-0.2, 0) is 4.74 Å². The first kappa shape index (κ1) is 14.7. The summed E-state index contributed by atoms with van der Waals surface area (Å²) in [5.41, 5.74) is 7.70. The standard InChI is InChI=1S/C15H23N3O2/c1-11(18-8-3-4-9-18)10-17-14-12(15(19)20-2)6-5-7-13(14)16/h5-7,11,17H,3-4,8-10,16H2,1-2H3. The van der Waals surface area contributed by atoms with Crippen LogP contribution >= 0.6 is 0 Å². The van der Waals surface area contributed by atoms with Crippen LogP contribution in [0.5, 0.6) is 0 Å². The normalized spacial score (nSPS) is 16.9. The first-order chi connectivity index (χ1) is 9.63. The molecule has 0 radical (unpaired) electrons. The number of anilines is 2. The molecule has 0 aliphatic carbocycles. The Labute approximate surface area is 120 Å². The quantitative estimate of drug-likeness (QED) is 0.636. The van der Waals surface area contributed by atoms with E-state index in [9.17, 15) is 4.79 Å². The van der Waals surface area contributed by atoms with Crippen LogP contribution in [0.15, 0.2) is 18.2 Å². The van der Waals surface area contributed by atoms with E-state index >= 15 is 0 Å². The molecule has 0 spiro atoms. The van der Waals surface area contributed by atoms with Gasteiger partial charge in [0.25, 0.3) is 0 Å². The predicted molar refractivity (Wildman–Crippen MR) is 81.0 cm³/mol. The Morgan fingerprint density at radius 2 is 2.15 bits per heavy atom. The van der Waals surface area contributed by atoms with Gasteiger partial charge in [-0.05, 0) is 45.0 Å². The van der Waals surface area contributed by atoms with Crippen LogP contribution in [0.3, 0.4) is 0 Å². The first-order valence-corrected chi connectivity index (χ1v) is 7.08. The van der Waals surface area contributed by atoms with Crippen molar-refractivity contribution in [1.82, 2.24) is 4.90 Å².